The molecule has 7 heteroatoms. The maximum atomic E-state index is 12.3. The molecule has 1 aromatic carbocycles. The molecule has 0 saturated heterocycles. The Kier molecular flexibility index (Phi) is 5.38. The Labute approximate surface area is 133 Å². The van der Waals surface area contributed by atoms with E-state index in [-0.39, 0.29) is 24.7 Å². The van der Waals surface area contributed by atoms with Crippen molar-refractivity contribution in [1.29, 1.82) is 0 Å². The van der Waals surface area contributed by atoms with E-state index in [1.54, 1.807) is 4.90 Å². The van der Waals surface area contributed by atoms with Gasteiger partial charge in [-0.2, -0.15) is 0 Å². The third-order valence-corrected chi connectivity index (χ3v) is 3.96. The zero-order chi connectivity index (χ0) is 16.1. The van der Waals surface area contributed by atoms with Gasteiger partial charge in [-0.1, -0.05) is 17.7 Å². The molecule has 0 aliphatic carbocycles. The van der Waals surface area contributed by atoms with Gasteiger partial charge in [0.05, 0.1) is 0 Å². The average molecular weight is 324 g/mol. The van der Waals surface area contributed by atoms with Crippen LogP contribution in [-0.4, -0.2) is 36.2 Å². The lowest BCUT2D eigenvalue weighted by molar-refractivity contribution is -0.132. The highest BCUT2D eigenvalue weighted by Gasteiger charge is 2.25. The Morgan fingerprint density at radius 3 is 2.77 bits per heavy atom. The van der Waals surface area contributed by atoms with E-state index in [4.69, 9.17) is 11.6 Å². The van der Waals surface area contributed by atoms with Gasteiger partial charge in [-0.05, 0) is 29.7 Å². The lowest BCUT2D eigenvalue weighted by Crippen LogP contribution is -2.43. The molecule has 118 valence electrons. The Hall–Kier alpha value is -2.08. The summed E-state index contributed by atoms with van der Waals surface area (Å²) in [6, 6.07) is 4.91. The molecule has 0 fully saturated rings. The summed E-state index contributed by atoms with van der Waals surface area (Å²) >= 11 is 5.95. The first-order chi connectivity index (χ1) is 10.5. The van der Waals surface area contributed by atoms with Gasteiger partial charge in [-0.3, -0.25) is 14.4 Å². The van der Waals surface area contributed by atoms with Gasteiger partial charge in [-0.25, -0.2) is 0 Å². The highest BCUT2D eigenvalue weighted by atomic mass is 35.5. The number of amides is 3. The van der Waals surface area contributed by atoms with Crippen LogP contribution in [0, 0.1) is 0 Å². The average Bonchev–Trinajstić information content (AvgIpc) is 2.93. The molecule has 0 saturated carbocycles. The van der Waals surface area contributed by atoms with Crippen LogP contribution in [0.15, 0.2) is 18.2 Å². The summed E-state index contributed by atoms with van der Waals surface area (Å²) in [5.74, 6) is -0.356. The number of hydrogen-bond acceptors (Lipinski definition) is 3. The molecule has 1 aliphatic rings. The van der Waals surface area contributed by atoms with Gasteiger partial charge in [0.2, 0.25) is 18.2 Å². The van der Waals surface area contributed by atoms with Crippen LogP contribution in [0.3, 0.4) is 0 Å². The van der Waals surface area contributed by atoms with E-state index in [1.807, 2.05) is 18.2 Å². The second-order valence-electron chi connectivity index (χ2n) is 5.15. The molecule has 0 unspecified atom stereocenters. The molecule has 2 rings (SSSR count). The maximum absolute atomic E-state index is 12.3. The van der Waals surface area contributed by atoms with Crippen LogP contribution in [0.25, 0.3) is 0 Å². The summed E-state index contributed by atoms with van der Waals surface area (Å²) in [7, 11) is 1.49. The first-order valence-corrected chi connectivity index (χ1v) is 7.39. The lowest BCUT2D eigenvalue weighted by Gasteiger charge is -2.18. The zero-order valence-electron chi connectivity index (χ0n) is 12.3. The highest BCUT2D eigenvalue weighted by Crippen LogP contribution is 2.26. The van der Waals surface area contributed by atoms with Gasteiger partial charge in [0.15, 0.2) is 0 Å². The van der Waals surface area contributed by atoms with Crippen molar-refractivity contribution in [3.05, 3.63) is 34.3 Å². The Balaban J connectivity index is 1.91. The van der Waals surface area contributed by atoms with E-state index in [9.17, 15) is 14.4 Å². The van der Waals surface area contributed by atoms with Crippen LogP contribution >= 0.6 is 11.6 Å². The number of hydrogen-bond donors (Lipinski definition) is 2. The molecule has 0 bridgehead atoms. The van der Waals surface area contributed by atoms with Crippen LogP contribution < -0.4 is 10.6 Å². The Morgan fingerprint density at radius 2 is 2.09 bits per heavy atom. The predicted molar refractivity (Wildman–Crippen MR) is 82.0 cm³/mol. The number of nitrogens with zero attached hydrogens (tertiary/aromatic N) is 1. The topological polar surface area (TPSA) is 78.5 Å². The maximum Gasteiger partial charge on any atom is 0.242 e. The van der Waals surface area contributed by atoms with Crippen molar-refractivity contribution in [3.63, 3.8) is 0 Å². The van der Waals surface area contributed by atoms with Gasteiger partial charge in [-0.15, -0.1) is 0 Å². The number of likely N-dealkylation sites (N-methyl/N-ethyl adjacent to an activating group) is 1. The number of fused-ring (bicyclic) bond motifs is 1. The molecule has 0 radical (unpaired) electrons. The summed E-state index contributed by atoms with van der Waals surface area (Å²) < 4.78 is 0. The summed E-state index contributed by atoms with van der Waals surface area (Å²) in [6.45, 7) is 1.08. The molecular weight excluding hydrogens is 306 g/mol. The number of benzene rings is 1. The van der Waals surface area contributed by atoms with Crippen LogP contribution in [0.5, 0.6) is 0 Å². The fourth-order valence-electron chi connectivity index (χ4n) is 2.51. The van der Waals surface area contributed by atoms with Crippen molar-refractivity contribution < 1.29 is 14.4 Å². The molecule has 1 heterocycles. The van der Waals surface area contributed by atoms with Crippen molar-refractivity contribution in [2.45, 2.75) is 32.0 Å². The number of carbonyl (C=O) groups excluding carboxylic acids is 3. The number of halogens is 1. The summed E-state index contributed by atoms with van der Waals surface area (Å²) in [6.07, 6.45) is 0.934. The van der Waals surface area contributed by atoms with E-state index < -0.39 is 6.04 Å². The van der Waals surface area contributed by atoms with Gasteiger partial charge < -0.3 is 15.5 Å². The second-order valence-corrected chi connectivity index (χ2v) is 5.59. The molecule has 1 aliphatic heterocycles. The zero-order valence-corrected chi connectivity index (χ0v) is 13.0. The number of rotatable bonds is 6. The number of nitrogens with one attached hydrogen (secondary N) is 2. The van der Waals surface area contributed by atoms with E-state index >= 15 is 0 Å². The fraction of sp³-hybridized carbons (Fsp3) is 0.400. The van der Waals surface area contributed by atoms with Gasteiger partial charge in [0.1, 0.15) is 6.04 Å². The molecule has 0 aromatic heterocycles. The highest BCUT2D eigenvalue weighted by molar-refractivity contribution is 6.30. The molecule has 3 amide bonds. The third kappa shape index (κ3) is 3.76. The first-order valence-electron chi connectivity index (χ1n) is 7.01. The summed E-state index contributed by atoms with van der Waals surface area (Å²) in [5.41, 5.74) is 2.14. The standard InChI is InChI=1S/C15H18ClN3O3/c1-17-15(22)13(18-9-20)4-5-14(21)19-7-10-2-3-12(16)6-11(10)8-19/h2-3,6,9,13H,4-5,7-8H2,1H3,(H,17,22)(H,18,20)/t13-/m1/s1. The van der Waals surface area contributed by atoms with E-state index in [0.717, 1.165) is 11.1 Å². The summed E-state index contributed by atoms with van der Waals surface area (Å²) in [5, 5.41) is 5.54. The van der Waals surface area contributed by atoms with Crippen molar-refractivity contribution >= 4 is 29.8 Å². The second kappa shape index (κ2) is 7.26. The molecule has 0 spiro atoms. The van der Waals surface area contributed by atoms with Crippen molar-refractivity contribution in [2.24, 2.45) is 0 Å². The predicted octanol–water partition coefficient (Wildman–Crippen LogP) is 0.823. The van der Waals surface area contributed by atoms with Gasteiger partial charge in [0, 0.05) is 31.6 Å². The minimum absolute atomic E-state index is 0.0473. The van der Waals surface area contributed by atoms with E-state index in [2.05, 4.69) is 10.6 Å². The fourth-order valence-corrected chi connectivity index (χ4v) is 2.71. The molecule has 1 atom stereocenters. The molecule has 22 heavy (non-hydrogen) atoms. The quantitative estimate of drug-likeness (QED) is 0.761. The first kappa shape index (κ1) is 16.3. The van der Waals surface area contributed by atoms with Crippen molar-refractivity contribution in [2.75, 3.05) is 7.05 Å². The monoisotopic (exact) mass is 323 g/mol. The SMILES string of the molecule is CNC(=O)[C@@H](CCC(=O)N1Cc2ccc(Cl)cc2C1)NC=O. The summed E-state index contributed by atoms with van der Waals surface area (Å²) in [4.78, 5) is 36.1. The van der Waals surface area contributed by atoms with E-state index in [1.165, 1.54) is 7.05 Å². The normalized spacial score (nSPS) is 14.2. The van der Waals surface area contributed by atoms with Crippen LogP contribution in [-0.2, 0) is 27.5 Å². The lowest BCUT2D eigenvalue weighted by atomic mass is 10.1. The molecule has 1 aromatic rings. The molecular formula is C15H18ClN3O3. The minimum atomic E-state index is -0.689. The van der Waals surface area contributed by atoms with Crippen LogP contribution in [0.2, 0.25) is 5.02 Å². The van der Waals surface area contributed by atoms with Gasteiger partial charge >= 0.3 is 0 Å². The van der Waals surface area contributed by atoms with E-state index in [0.29, 0.717) is 24.5 Å². The molecule has 6 nitrogen and oxygen atoms in total. The van der Waals surface area contributed by atoms with Gasteiger partial charge in [0.25, 0.3) is 0 Å². The minimum Gasteiger partial charge on any atom is -0.357 e. The Bertz CT molecular complexity index is 591. The molecule has 2 N–H and O–H groups in total. The Morgan fingerprint density at radius 1 is 1.36 bits per heavy atom. The van der Waals surface area contributed by atoms with Crippen LogP contribution in [0.4, 0.5) is 0 Å². The van der Waals surface area contributed by atoms with Crippen molar-refractivity contribution in [3.8, 4) is 0 Å². The number of carbonyl (C=O) groups is 3. The van der Waals surface area contributed by atoms with Crippen LogP contribution in [0.1, 0.15) is 24.0 Å². The third-order valence-electron chi connectivity index (χ3n) is 3.72. The van der Waals surface area contributed by atoms with Crippen molar-refractivity contribution in [1.82, 2.24) is 15.5 Å². The smallest absolute Gasteiger partial charge is 0.242 e. The largest absolute Gasteiger partial charge is 0.357 e.